The zero-order valence-corrected chi connectivity index (χ0v) is 31.2. The molecule has 0 saturated carbocycles. The van der Waals surface area contributed by atoms with Crippen molar-refractivity contribution in [2.24, 2.45) is 0 Å². The van der Waals surface area contributed by atoms with Gasteiger partial charge >= 0.3 is 6.09 Å². The number of carbonyl (C=O) groups is 2. The van der Waals surface area contributed by atoms with Crippen molar-refractivity contribution in [3.63, 3.8) is 0 Å². The first-order valence-electron chi connectivity index (χ1n) is 17.6. The Morgan fingerprint density at radius 2 is 1.86 bits per heavy atom. The van der Waals surface area contributed by atoms with Crippen LogP contribution in [0.25, 0.3) is 0 Å². The Labute approximate surface area is 298 Å². The quantitative estimate of drug-likeness (QED) is 0.269. The van der Waals surface area contributed by atoms with Crippen molar-refractivity contribution in [2.45, 2.75) is 109 Å². The molecule has 2 aromatic carbocycles. The van der Waals surface area contributed by atoms with E-state index in [0.29, 0.717) is 31.6 Å². The maximum atomic E-state index is 14.1. The average Bonchev–Trinajstić information content (AvgIpc) is 3.42. The summed E-state index contributed by atoms with van der Waals surface area (Å²) in [6.07, 6.45) is 4.92. The molecule has 2 aromatic rings. The van der Waals surface area contributed by atoms with Gasteiger partial charge in [-0.2, -0.15) is 4.31 Å². The van der Waals surface area contributed by atoms with Gasteiger partial charge in [0.05, 0.1) is 50.3 Å². The standard InChI is InChI=1S/C38H55N3O8S/c1-7-8-15-22-50(45,46)40(5)32-18-13-10-14-21-48-34-24-28-19-20-29(47-6)25-30(28)35(34)41(37(44)49-38(2,3)4)26-33(42)31(39-36(32)43)23-27-16-11-9-12-17-27/h9-13,16-17,19-20,25,31-35,42H,7-8,14-15,18,21-24,26H2,1-6H3,(H,39,43)/b13-10-/t31-,32-,33+,34-,35-/m0/s1. The minimum atomic E-state index is -3.75. The first kappa shape index (κ1) is 39.3. The summed E-state index contributed by atoms with van der Waals surface area (Å²) in [6.45, 7) is 7.49. The van der Waals surface area contributed by atoms with Crippen LogP contribution in [-0.2, 0) is 37.1 Å². The zero-order chi connectivity index (χ0) is 36.5. The monoisotopic (exact) mass is 713 g/mol. The van der Waals surface area contributed by atoms with Gasteiger partial charge in [-0.1, -0.05) is 68.3 Å². The largest absolute Gasteiger partial charge is 0.497 e. The summed E-state index contributed by atoms with van der Waals surface area (Å²) in [7, 11) is -0.724. The van der Waals surface area contributed by atoms with Gasteiger partial charge in [0, 0.05) is 13.5 Å². The molecule has 12 heteroatoms. The molecule has 2 amide bonds. The van der Waals surface area contributed by atoms with E-state index < -0.39 is 58.0 Å². The number of β-amino-alcohol motifs (C(OH)–C–C–N with tert-alkyl or cyclic N) is 1. The number of unbranched alkanes of at least 4 members (excludes halogenated alkanes) is 2. The van der Waals surface area contributed by atoms with Crippen LogP contribution in [0.3, 0.4) is 0 Å². The van der Waals surface area contributed by atoms with Gasteiger partial charge in [-0.05, 0) is 75.3 Å². The first-order chi connectivity index (χ1) is 23.7. The van der Waals surface area contributed by atoms with Gasteiger partial charge in [0.1, 0.15) is 17.4 Å². The smallest absolute Gasteiger partial charge is 0.410 e. The van der Waals surface area contributed by atoms with E-state index >= 15 is 0 Å². The second-order valence-corrected chi connectivity index (χ2v) is 16.3. The maximum Gasteiger partial charge on any atom is 0.410 e. The molecule has 0 saturated heterocycles. The predicted molar refractivity (Wildman–Crippen MR) is 193 cm³/mol. The number of fused-ring (bicyclic) bond motifs is 3. The highest BCUT2D eigenvalue weighted by Gasteiger charge is 2.43. The Hall–Kier alpha value is -3.45. The van der Waals surface area contributed by atoms with Gasteiger partial charge < -0.3 is 24.6 Å². The number of sulfonamides is 1. The fourth-order valence-corrected chi connectivity index (χ4v) is 7.94. The Balaban J connectivity index is 1.77. The molecule has 0 radical (unpaired) electrons. The van der Waals surface area contributed by atoms with Crippen LogP contribution in [0.1, 0.15) is 82.5 Å². The molecule has 11 nitrogen and oxygen atoms in total. The fraction of sp³-hybridized carbons (Fsp3) is 0.579. The number of nitrogens with one attached hydrogen (secondary N) is 1. The number of methoxy groups -OCH3 is 1. The molecule has 2 N–H and O–H groups in total. The molecule has 4 rings (SSSR count). The van der Waals surface area contributed by atoms with Crippen LogP contribution in [0.5, 0.6) is 5.75 Å². The van der Waals surface area contributed by atoms with Crippen molar-refractivity contribution >= 4 is 22.0 Å². The maximum absolute atomic E-state index is 14.1. The van der Waals surface area contributed by atoms with Crippen molar-refractivity contribution in [3.8, 4) is 5.75 Å². The molecule has 1 heterocycles. The second kappa shape index (κ2) is 17.7. The van der Waals surface area contributed by atoms with Gasteiger partial charge in [0.15, 0.2) is 0 Å². The molecule has 2 aliphatic rings. The highest BCUT2D eigenvalue weighted by atomic mass is 32.2. The Morgan fingerprint density at radius 1 is 1.12 bits per heavy atom. The third kappa shape index (κ3) is 10.5. The molecule has 0 aromatic heterocycles. The van der Waals surface area contributed by atoms with Gasteiger partial charge in [0.2, 0.25) is 15.9 Å². The van der Waals surface area contributed by atoms with Crippen molar-refractivity contribution < 1.29 is 37.3 Å². The number of hydrogen-bond acceptors (Lipinski definition) is 8. The minimum absolute atomic E-state index is 0.0609. The topological polar surface area (TPSA) is 135 Å². The molecule has 50 heavy (non-hydrogen) atoms. The Bertz CT molecular complexity index is 1560. The zero-order valence-electron chi connectivity index (χ0n) is 30.3. The summed E-state index contributed by atoms with van der Waals surface area (Å²) >= 11 is 0. The number of likely N-dealkylation sites (N-methyl/N-ethyl adjacent to an activating group) is 1. The van der Waals surface area contributed by atoms with E-state index in [0.717, 1.165) is 33.8 Å². The molecule has 0 spiro atoms. The number of carbonyl (C=O) groups excluding carboxylic acids is 2. The Morgan fingerprint density at radius 3 is 2.54 bits per heavy atom. The van der Waals surface area contributed by atoms with Crippen molar-refractivity contribution in [3.05, 3.63) is 77.4 Å². The van der Waals surface area contributed by atoms with E-state index in [1.165, 1.54) is 11.9 Å². The molecular formula is C38H55N3O8S. The molecule has 1 aliphatic heterocycles. The lowest BCUT2D eigenvalue weighted by Gasteiger charge is -2.38. The first-order valence-corrected chi connectivity index (χ1v) is 19.3. The normalized spacial score (nSPS) is 24.4. The van der Waals surface area contributed by atoms with Crippen molar-refractivity contribution in [2.75, 3.05) is 33.1 Å². The van der Waals surface area contributed by atoms with Crippen molar-refractivity contribution in [1.29, 1.82) is 0 Å². The number of rotatable bonds is 9. The number of amides is 2. The Kier molecular flexibility index (Phi) is 13.9. The molecular weight excluding hydrogens is 658 g/mol. The number of benzene rings is 2. The van der Waals surface area contributed by atoms with E-state index in [1.54, 1.807) is 27.9 Å². The predicted octanol–water partition coefficient (Wildman–Crippen LogP) is 5.17. The SMILES string of the molecule is CCCCCS(=O)(=O)N(C)[C@H]1C/C=C\CCO[C@H]2Cc3ccc(OC)cc3[C@@H]2N(C(=O)OC(C)(C)C)C[C@@H](O)[C@H](Cc2ccccc2)NC1=O. The van der Waals surface area contributed by atoms with Crippen LogP contribution >= 0.6 is 0 Å². The number of ether oxygens (including phenoxy) is 3. The van der Waals surface area contributed by atoms with Crippen LogP contribution in [-0.4, -0.2) is 97.7 Å². The highest BCUT2D eigenvalue weighted by molar-refractivity contribution is 7.89. The van der Waals surface area contributed by atoms with Crippen LogP contribution in [0, 0.1) is 0 Å². The summed E-state index contributed by atoms with van der Waals surface area (Å²) in [6, 6.07) is 12.6. The lowest BCUT2D eigenvalue weighted by atomic mass is 9.98. The number of hydrogen-bond donors (Lipinski definition) is 2. The van der Waals surface area contributed by atoms with E-state index in [1.807, 2.05) is 67.6 Å². The van der Waals surface area contributed by atoms with Crippen LogP contribution in [0.4, 0.5) is 4.79 Å². The van der Waals surface area contributed by atoms with Gasteiger partial charge in [-0.3, -0.25) is 9.69 Å². The van der Waals surface area contributed by atoms with Crippen molar-refractivity contribution in [1.82, 2.24) is 14.5 Å². The van der Waals surface area contributed by atoms with Gasteiger partial charge in [-0.15, -0.1) is 0 Å². The summed E-state index contributed by atoms with van der Waals surface area (Å²) in [4.78, 5) is 29.7. The molecule has 276 valence electrons. The summed E-state index contributed by atoms with van der Waals surface area (Å²) in [5.74, 6) is 0.0381. The number of aliphatic hydroxyl groups excluding tert-OH is 1. The van der Waals surface area contributed by atoms with E-state index in [9.17, 15) is 23.1 Å². The summed E-state index contributed by atoms with van der Waals surface area (Å²) in [5.41, 5.74) is 1.87. The lowest BCUT2D eigenvalue weighted by Crippen LogP contribution is -2.56. The third-order valence-corrected chi connectivity index (χ3v) is 11.1. The average molecular weight is 714 g/mol. The van der Waals surface area contributed by atoms with Crippen LogP contribution < -0.4 is 10.1 Å². The minimum Gasteiger partial charge on any atom is -0.497 e. The molecule has 0 fully saturated rings. The highest BCUT2D eigenvalue weighted by Crippen LogP contribution is 2.41. The fourth-order valence-electron chi connectivity index (χ4n) is 6.51. The molecule has 0 unspecified atom stereocenters. The number of aliphatic hydroxyl groups is 1. The lowest BCUT2D eigenvalue weighted by molar-refractivity contribution is -0.126. The second-order valence-electron chi connectivity index (χ2n) is 14.2. The van der Waals surface area contributed by atoms with E-state index in [4.69, 9.17) is 14.2 Å². The van der Waals surface area contributed by atoms with E-state index in [-0.39, 0.29) is 25.1 Å². The molecule has 1 aliphatic carbocycles. The van der Waals surface area contributed by atoms with Gasteiger partial charge in [-0.25, -0.2) is 13.2 Å². The third-order valence-electron chi connectivity index (χ3n) is 9.21. The molecule has 5 atom stereocenters. The number of nitrogens with zero attached hydrogens (tertiary/aromatic N) is 2. The van der Waals surface area contributed by atoms with Crippen LogP contribution in [0.2, 0.25) is 0 Å². The summed E-state index contributed by atoms with van der Waals surface area (Å²) in [5, 5.41) is 15.1. The summed E-state index contributed by atoms with van der Waals surface area (Å²) < 4.78 is 45.8. The van der Waals surface area contributed by atoms with E-state index in [2.05, 4.69) is 5.32 Å². The van der Waals surface area contributed by atoms with Crippen LogP contribution in [0.15, 0.2) is 60.7 Å². The molecule has 0 bridgehead atoms. The van der Waals surface area contributed by atoms with Gasteiger partial charge in [0.25, 0.3) is 0 Å².